The van der Waals surface area contributed by atoms with E-state index in [4.69, 9.17) is 4.42 Å². The predicted molar refractivity (Wildman–Crippen MR) is 93.6 cm³/mol. The van der Waals surface area contributed by atoms with Gasteiger partial charge in [-0.15, -0.1) is 0 Å². The summed E-state index contributed by atoms with van der Waals surface area (Å²) < 4.78 is 5.17. The Morgan fingerprint density at radius 1 is 1.12 bits per heavy atom. The third-order valence-corrected chi connectivity index (χ3v) is 3.85. The van der Waals surface area contributed by atoms with Gasteiger partial charge in [0.05, 0.1) is 25.3 Å². The van der Waals surface area contributed by atoms with Crippen molar-refractivity contribution in [2.75, 3.05) is 0 Å². The summed E-state index contributed by atoms with van der Waals surface area (Å²) in [6.45, 7) is 4.36. The van der Waals surface area contributed by atoms with Gasteiger partial charge in [-0.05, 0) is 35.7 Å². The van der Waals surface area contributed by atoms with E-state index < -0.39 is 6.10 Å². The molecule has 1 aromatic heterocycles. The van der Waals surface area contributed by atoms with Crippen LogP contribution < -0.4 is 10.6 Å². The second-order valence-corrected chi connectivity index (χ2v) is 6.25. The number of benzene rings is 1. The maximum Gasteiger partial charge on any atom is 0.251 e. The average Bonchev–Trinajstić information content (AvgIpc) is 3.11. The predicted octanol–water partition coefficient (Wildman–Crippen LogP) is 2.23. The number of carbonyl (C=O) groups is 2. The number of aliphatic hydroxyl groups excluding tert-OH is 1. The zero-order chi connectivity index (χ0) is 18.2. The first-order valence-electron chi connectivity index (χ1n) is 8.30. The van der Waals surface area contributed by atoms with Gasteiger partial charge in [-0.3, -0.25) is 9.59 Å². The monoisotopic (exact) mass is 344 g/mol. The molecule has 1 atom stereocenters. The summed E-state index contributed by atoms with van der Waals surface area (Å²) in [6.07, 6.45) is 0.973. The van der Waals surface area contributed by atoms with Gasteiger partial charge in [0, 0.05) is 12.1 Å². The zero-order valence-electron chi connectivity index (χ0n) is 14.5. The molecule has 3 N–H and O–H groups in total. The van der Waals surface area contributed by atoms with Crippen molar-refractivity contribution in [3.63, 3.8) is 0 Å². The molecule has 0 radical (unpaired) electrons. The molecule has 2 aromatic rings. The topological polar surface area (TPSA) is 91.6 Å². The summed E-state index contributed by atoms with van der Waals surface area (Å²) in [5.41, 5.74) is 1.33. The largest absolute Gasteiger partial charge is 0.467 e. The van der Waals surface area contributed by atoms with E-state index in [-0.39, 0.29) is 24.2 Å². The molecular weight excluding hydrogens is 320 g/mol. The first kappa shape index (κ1) is 18.7. The maximum atomic E-state index is 12.2. The van der Waals surface area contributed by atoms with Gasteiger partial charge in [0.15, 0.2) is 0 Å². The highest BCUT2D eigenvalue weighted by Gasteiger charge is 2.14. The summed E-state index contributed by atoms with van der Waals surface area (Å²) in [5.74, 6) is 0.293. The van der Waals surface area contributed by atoms with Crippen LogP contribution in [-0.2, 0) is 17.9 Å². The number of nitrogens with one attached hydrogen (secondary N) is 2. The minimum absolute atomic E-state index is 0.0342. The molecule has 25 heavy (non-hydrogen) atoms. The lowest BCUT2D eigenvalue weighted by Crippen LogP contribution is -2.29. The van der Waals surface area contributed by atoms with Crippen LogP contribution in [0.5, 0.6) is 0 Å². The molecule has 134 valence electrons. The van der Waals surface area contributed by atoms with Crippen molar-refractivity contribution >= 4 is 11.8 Å². The number of hydrogen-bond donors (Lipinski definition) is 3. The lowest BCUT2D eigenvalue weighted by molar-refractivity contribution is -0.123. The van der Waals surface area contributed by atoms with E-state index in [0.717, 1.165) is 5.56 Å². The van der Waals surface area contributed by atoms with Crippen LogP contribution in [0.25, 0.3) is 0 Å². The molecule has 2 rings (SSSR count). The van der Waals surface area contributed by atoms with Crippen LogP contribution in [-0.4, -0.2) is 23.0 Å². The van der Waals surface area contributed by atoms with E-state index in [1.54, 1.807) is 36.6 Å². The molecule has 0 spiro atoms. The molecular formula is C19H24N2O4. The number of carbonyl (C=O) groups excluding carboxylic acids is 2. The van der Waals surface area contributed by atoms with Crippen LogP contribution in [0.4, 0.5) is 0 Å². The quantitative estimate of drug-likeness (QED) is 0.685. The number of amides is 2. The zero-order valence-corrected chi connectivity index (χ0v) is 14.5. The second-order valence-electron chi connectivity index (χ2n) is 6.25. The Balaban J connectivity index is 1.85. The maximum absolute atomic E-state index is 12.2. The third kappa shape index (κ3) is 6.08. The highest BCUT2D eigenvalue weighted by molar-refractivity contribution is 5.94. The van der Waals surface area contributed by atoms with Gasteiger partial charge in [-0.1, -0.05) is 26.0 Å². The van der Waals surface area contributed by atoms with Crippen molar-refractivity contribution in [1.29, 1.82) is 0 Å². The second kappa shape index (κ2) is 9.03. The highest BCUT2D eigenvalue weighted by Crippen LogP contribution is 2.08. The number of hydrogen-bond acceptors (Lipinski definition) is 4. The van der Waals surface area contributed by atoms with E-state index in [1.165, 1.54) is 0 Å². The van der Waals surface area contributed by atoms with Crippen LogP contribution in [0.2, 0.25) is 0 Å². The smallest absolute Gasteiger partial charge is 0.251 e. The van der Waals surface area contributed by atoms with Crippen molar-refractivity contribution in [2.45, 2.75) is 39.5 Å². The lowest BCUT2D eigenvalue weighted by Gasteiger charge is -2.14. The highest BCUT2D eigenvalue weighted by atomic mass is 16.3. The molecule has 0 bridgehead atoms. The molecule has 0 aliphatic carbocycles. The van der Waals surface area contributed by atoms with Crippen molar-refractivity contribution in [3.8, 4) is 0 Å². The van der Waals surface area contributed by atoms with E-state index in [1.807, 2.05) is 19.9 Å². The Kier molecular flexibility index (Phi) is 6.77. The molecule has 1 aromatic carbocycles. The van der Waals surface area contributed by atoms with Crippen LogP contribution in [0.1, 0.15) is 41.9 Å². The summed E-state index contributed by atoms with van der Waals surface area (Å²) in [6, 6.07) is 10.6. The van der Waals surface area contributed by atoms with Crippen LogP contribution in [0, 0.1) is 5.92 Å². The van der Waals surface area contributed by atoms with E-state index in [0.29, 0.717) is 24.4 Å². The standard InChI is InChI=1S/C19H24N2O4/c1-13(2)17(22)10-18(23)20-11-14-5-3-6-15(9-14)19(24)21-12-16-7-4-8-25-16/h3-9,13,17,22H,10-12H2,1-2H3,(H,20,23)(H,21,24). The van der Waals surface area contributed by atoms with Crippen molar-refractivity contribution in [2.24, 2.45) is 5.92 Å². The molecule has 6 nitrogen and oxygen atoms in total. The van der Waals surface area contributed by atoms with Gasteiger partial charge in [-0.25, -0.2) is 0 Å². The molecule has 1 unspecified atom stereocenters. The Hall–Kier alpha value is -2.60. The summed E-state index contributed by atoms with van der Waals surface area (Å²) in [4.78, 5) is 24.0. The first-order valence-corrected chi connectivity index (χ1v) is 8.30. The van der Waals surface area contributed by atoms with Gasteiger partial charge in [0.1, 0.15) is 5.76 Å². The minimum atomic E-state index is -0.654. The lowest BCUT2D eigenvalue weighted by atomic mass is 10.0. The fourth-order valence-corrected chi connectivity index (χ4v) is 2.20. The third-order valence-electron chi connectivity index (χ3n) is 3.85. The SMILES string of the molecule is CC(C)C(O)CC(=O)NCc1cccc(C(=O)NCc2ccco2)c1. The number of aliphatic hydroxyl groups is 1. The molecule has 0 aliphatic heterocycles. The van der Waals surface area contributed by atoms with Gasteiger partial charge in [0.2, 0.25) is 5.91 Å². The minimum Gasteiger partial charge on any atom is -0.467 e. The number of rotatable bonds is 8. The fraction of sp³-hybridized carbons (Fsp3) is 0.368. The Labute approximate surface area is 147 Å². The fourth-order valence-electron chi connectivity index (χ4n) is 2.20. The molecule has 0 aliphatic rings. The van der Waals surface area contributed by atoms with E-state index >= 15 is 0 Å². The van der Waals surface area contributed by atoms with Crippen molar-refractivity contribution < 1.29 is 19.1 Å². The van der Waals surface area contributed by atoms with E-state index in [2.05, 4.69) is 10.6 Å². The van der Waals surface area contributed by atoms with Crippen LogP contribution in [0.3, 0.4) is 0 Å². The molecule has 1 heterocycles. The molecule has 6 heteroatoms. The summed E-state index contributed by atoms with van der Waals surface area (Å²) >= 11 is 0. The van der Waals surface area contributed by atoms with Crippen molar-refractivity contribution in [3.05, 3.63) is 59.5 Å². The molecule has 0 fully saturated rings. The van der Waals surface area contributed by atoms with Gasteiger partial charge >= 0.3 is 0 Å². The van der Waals surface area contributed by atoms with Crippen LogP contribution >= 0.6 is 0 Å². The summed E-state index contributed by atoms with van der Waals surface area (Å²) in [5, 5.41) is 15.3. The van der Waals surface area contributed by atoms with Crippen LogP contribution in [0.15, 0.2) is 47.1 Å². The molecule has 0 saturated carbocycles. The van der Waals surface area contributed by atoms with Gasteiger partial charge < -0.3 is 20.2 Å². The van der Waals surface area contributed by atoms with Gasteiger partial charge in [0.25, 0.3) is 5.91 Å². The Morgan fingerprint density at radius 2 is 1.92 bits per heavy atom. The Bertz CT molecular complexity index is 695. The van der Waals surface area contributed by atoms with Crippen molar-refractivity contribution in [1.82, 2.24) is 10.6 Å². The summed E-state index contributed by atoms with van der Waals surface area (Å²) in [7, 11) is 0. The van der Waals surface area contributed by atoms with Gasteiger partial charge in [-0.2, -0.15) is 0 Å². The normalized spacial score (nSPS) is 12.0. The van der Waals surface area contributed by atoms with E-state index in [9.17, 15) is 14.7 Å². The number of furan rings is 1. The molecule has 0 saturated heterocycles. The Morgan fingerprint density at radius 3 is 2.60 bits per heavy atom. The first-order chi connectivity index (χ1) is 12.0. The molecule has 2 amide bonds. The average molecular weight is 344 g/mol.